The molecule has 0 unspecified atom stereocenters. The molecule has 9 aromatic rings. The van der Waals surface area contributed by atoms with Crippen LogP contribution in [0.25, 0.3) is 77.9 Å². The van der Waals surface area contributed by atoms with Crippen molar-refractivity contribution in [2.45, 2.75) is 0 Å². The molecule has 0 aliphatic heterocycles. The van der Waals surface area contributed by atoms with E-state index in [0.717, 1.165) is 11.4 Å². The molecule has 0 fully saturated rings. The Balaban J connectivity index is 1.45. The summed E-state index contributed by atoms with van der Waals surface area (Å²) in [6.07, 6.45) is 0. The molecule has 0 N–H and O–H groups in total. The Morgan fingerprint density at radius 3 is 1.02 bits per heavy atom. The summed E-state index contributed by atoms with van der Waals surface area (Å²) >= 11 is 0. The Hall–Kier alpha value is -6.38. The summed E-state index contributed by atoms with van der Waals surface area (Å²) in [7, 11) is 0. The predicted octanol–water partition coefficient (Wildman–Crippen LogP) is 12.2. The molecular weight excluding hydrogens is 581 g/mol. The zero-order valence-electron chi connectivity index (χ0n) is 26.4. The summed E-state index contributed by atoms with van der Waals surface area (Å²) < 4.78 is 4.89. The minimum absolute atomic E-state index is 1.13. The molecule has 0 saturated carbocycles. The van der Waals surface area contributed by atoms with Crippen LogP contribution in [0.1, 0.15) is 0 Å². The molecule has 0 aliphatic rings. The fourth-order valence-corrected chi connectivity index (χ4v) is 7.27. The van der Waals surface area contributed by atoms with Crippen LogP contribution in [0.2, 0.25) is 0 Å². The lowest BCUT2D eigenvalue weighted by Gasteiger charge is -2.16. The van der Waals surface area contributed by atoms with Crippen LogP contribution in [0, 0.1) is 0 Å². The summed E-state index contributed by atoms with van der Waals surface area (Å²) in [6, 6.07) is 69.8. The van der Waals surface area contributed by atoms with Gasteiger partial charge in [-0.25, -0.2) is 0 Å². The smallest absolute Gasteiger partial charge is 0.0620 e. The molecule has 2 nitrogen and oxygen atoms in total. The van der Waals surface area contributed by atoms with Crippen LogP contribution in [-0.2, 0) is 0 Å². The Morgan fingerprint density at radius 1 is 0.250 bits per heavy atom. The SMILES string of the molecule is c1ccc(-c2ccc(-c3c(-c4c(-c5ccccc5)n(-c5ccccc5)c5ccccc45)c4ccccc4n3-c3ccccc3)cc2)cc1. The van der Waals surface area contributed by atoms with Crippen LogP contribution in [0.15, 0.2) is 194 Å². The molecule has 48 heavy (non-hydrogen) atoms. The molecule has 0 atom stereocenters. The van der Waals surface area contributed by atoms with Gasteiger partial charge in [-0.2, -0.15) is 0 Å². The van der Waals surface area contributed by atoms with Gasteiger partial charge in [0.1, 0.15) is 0 Å². The highest BCUT2D eigenvalue weighted by molar-refractivity contribution is 6.16. The second-order valence-electron chi connectivity index (χ2n) is 12.1. The normalized spacial score (nSPS) is 11.3. The second-order valence-corrected chi connectivity index (χ2v) is 12.1. The van der Waals surface area contributed by atoms with E-state index in [4.69, 9.17) is 0 Å². The lowest BCUT2D eigenvalue weighted by atomic mass is 9.93. The van der Waals surface area contributed by atoms with Gasteiger partial charge in [0, 0.05) is 33.3 Å². The predicted molar refractivity (Wildman–Crippen MR) is 202 cm³/mol. The Kier molecular flexibility index (Phi) is 6.84. The zero-order chi connectivity index (χ0) is 31.9. The molecule has 7 aromatic carbocycles. The van der Waals surface area contributed by atoms with Gasteiger partial charge in [-0.05, 0) is 58.7 Å². The van der Waals surface area contributed by atoms with Crippen molar-refractivity contribution in [2.24, 2.45) is 0 Å². The van der Waals surface area contributed by atoms with Crippen molar-refractivity contribution in [3.63, 3.8) is 0 Å². The maximum Gasteiger partial charge on any atom is 0.0620 e. The highest BCUT2D eigenvalue weighted by Crippen LogP contribution is 2.50. The average Bonchev–Trinajstić information content (AvgIpc) is 3.69. The number of hydrogen-bond acceptors (Lipinski definition) is 0. The van der Waals surface area contributed by atoms with E-state index >= 15 is 0 Å². The maximum atomic E-state index is 2.45. The second kappa shape index (κ2) is 11.8. The first kappa shape index (κ1) is 27.9. The summed E-state index contributed by atoms with van der Waals surface area (Å²) in [5.41, 5.74) is 14.2. The monoisotopic (exact) mass is 612 g/mol. The van der Waals surface area contributed by atoms with Crippen LogP contribution in [0.3, 0.4) is 0 Å². The van der Waals surface area contributed by atoms with E-state index in [1.165, 1.54) is 66.6 Å². The first-order chi connectivity index (χ1) is 23.9. The van der Waals surface area contributed by atoms with Gasteiger partial charge in [0.05, 0.1) is 22.4 Å². The quantitative estimate of drug-likeness (QED) is 0.177. The molecule has 9 rings (SSSR count). The van der Waals surface area contributed by atoms with Crippen molar-refractivity contribution < 1.29 is 0 Å². The van der Waals surface area contributed by atoms with Crippen molar-refractivity contribution in [1.29, 1.82) is 0 Å². The van der Waals surface area contributed by atoms with Gasteiger partial charge in [0.25, 0.3) is 0 Å². The summed E-state index contributed by atoms with van der Waals surface area (Å²) in [4.78, 5) is 0. The third-order valence-corrected chi connectivity index (χ3v) is 9.34. The summed E-state index contributed by atoms with van der Waals surface area (Å²) in [6.45, 7) is 0. The maximum absolute atomic E-state index is 2.45. The molecule has 226 valence electrons. The molecule has 0 spiro atoms. The average molecular weight is 613 g/mol. The summed E-state index contributed by atoms with van der Waals surface area (Å²) in [5, 5.41) is 2.44. The first-order valence-corrected chi connectivity index (χ1v) is 16.5. The molecular formula is C46H32N2. The zero-order valence-corrected chi connectivity index (χ0v) is 26.4. The van der Waals surface area contributed by atoms with Gasteiger partial charge in [-0.15, -0.1) is 0 Å². The fourth-order valence-electron chi connectivity index (χ4n) is 7.27. The van der Waals surface area contributed by atoms with E-state index in [9.17, 15) is 0 Å². The molecule has 0 radical (unpaired) electrons. The number of fused-ring (bicyclic) bond motifs is 2. The highest BCUT2D eigenvalue weighted by Gasteiger charge is 2.28. The number of benzene rings is 7. The fraction of sp³-hybridized carbons (Fsp3) is 0. The molecule has 0 aliphatic carbocycles. The minimum atomic E-state index is 1.13. The lowest BCUT2D eigenvalue weighted by molar-refractivity contribution is 1.13. The Morgan fingerprint density at radius 2 is 0.562 bits per heavy atom. The van der Waals surface area contributed by atoms with E-state index in [0.29, 0.717) is 0 Å². The standard InChI is InChI=1S/C46H32N2/c1-5-17-33(18-6-1)34-29-31-36(32-30-34)46-44(40-26-14-16-28-42(40)48(46)38-23-11-4-12-24-38)43-39-25-13-15-27-41(39)47(37-21-9-3-10-22-37)45(43)35-19-7-2-8-20-35/h1-32H. The first-order valence-electron chi connectivity index (χ1n) is 16.5. The Bertz CT molecular complexity index is 2510. The van der Waals surface area contributed by atoms with Crippen molar-refractivity contribution in [2.75, 3.05) is 0 Å². The summed E-state index contributed by atoms with van der Waals surface area (Å²) in [5.74, 6) is 0. The molecule has 2 heteroatoms. The van der Waals surface area contributed by atoms with Gasteiger partial charge < -0.3 is 9.13 Å². The molecule has 0 saturated heterocycles. The van der Waals surface area contributed by atoms with Crippen LogP contribution in [0.4, 0.5) is 0 Å². The van der Waals surface area contributed by atoms with Gasteiger partial charge in [-0.3, -0.25) is 0 Å². The van der Waals surface area contributed by atoms with Gasteiger partial charge >= 0.3 is 0 Å². The highest BCUT2D eigenvalue weighted by atomic mass is 15.0. The van der Waals surface area contributed by atoms with Crippen LogP contribution >= 0.6 is 0 Å². The number of rotatable bonds is 6. The molecule has 0 amide bonds. The van der Waals surface area contributed by atoms with E-state index in [-0.39, 0.29) is 0 Å². The van der Waals surface area contributed by atoms with Crippen LogP contribution in [0.5, 0.6) is 0 Å². The van der Waals surface area contributed by atoms with Crippen molar-refractivity contribution in [3.8, 4) is 56.1 Å². The van der Waals surface area contributed by atoms with E-state index in [2.05, 4.69) is 203 Å². The van der Waals surface area contributed by atoms with Crippen molar-refractivity contribution >= 4 is 21.8 Å². The van der Waals surface area contributed by atoms with E-state index < -0.39 is 0 Å². The van der Waals surface area contributed by atoms with Gasteiger partial charge in [-0.1, -0.05) is 158 Å². The topological polar surface area (TPSA) is 9.86 Å². The minimum Gasteiger partial charge on any atom is -0.309 e. The number of hydrogen-bond donors (Lipinski definition) is 0. The van der Waals surface area contributed by atoms with E-state index in [1.807, 2.05) is 0 Å². The number of nitrogens with zero attached hydrogens (tertiary/aromatic N) is 2. The van der Waals surface area contributed by atoms with Gasteiger partial charge in [0.15, 0.2) is 0 Å². The van der Waals surface area contributed by atoms with Crippen molar-refractivity contribution in [1.82, 2.24) is 9.13 Å². The number of para-hydroxylation sites is 4. The third-order valence-electron chi connectivity index (χ3n) is 9.34. The Labute approximate surface area is 280 Å². The van der Waals surface area contributed by atoms with Gasteiger partial charge in [0.2, 0.25) is 0 Å². The molecule has 2 aromatic heterocycles. The van der Waals surface area contributed by atoms with Crippen LogP contribution in [-0.4, -0.2) is 9.13 Å². The molecule has 0 bridgehead atoms. The largest absolute Gasteiger partial charge is 0.309 e. The lowest BCUT2D eigenvalue weighted by Crippen LogP contribution is -1.99. The third kappa shape index (κ3) is 4.58. The van der Waals surface area contributed by atoms with Crippen LogP contribution < -0.4 is 0 Å². The molecule has 2 heterocycles. The van der Waals surface area contributed by atoms with Crippen molar-refractivity contribution in [3.05, 3.63) is 194 Å². The van der Waals surface area contributed by atoms with E-state index in [1.54, 1.807) is 0 Å². The number of aromatic nitrogens is 2.